The van der Waals surface area contributed by atoms with Crippen molar-refractivity contribution < 1.29 is 59.2 Å². The molecule has 0 unspecified atom stereocenters. The zero-order valence-corrected chi connectivity index (χ0v) is 21.6. The number of phenolic OH excluding ortho intramolecular Hbond substituents is 3. The van der Waals surface area contributed by atoms with Gasteiger partial charge in [0, 0.05) is 17.2 Å². The van der Waals surface area contributed by atoms with Crippen LogP contribution >= 0.6 is 0 Å². The Labute approximate surface area is 232 Å². The number of aliphatic hydroxyl groups excluding tert-OH is 3. The second-order valence-corrected chi connectivity index (χ2v) is 10.2. The molecule has 0 amide bonds. The topological polar surface area (TPSA) is 192 Å². The molecule has 3 aromatic rings. The Balaban J connectivity index is 1.51. The molecule has 0 aliphatic carbocycles. The lowest BCUT2D eigenvalue weighted by molar-refractivity contribution is -0.277. The lowest BCUT2D eigenvalue weighted by Crippen LogP contribution is -2.60. The van der Waals surface area contributed by atoms with Crippen LogP contribution in [0.2, 0.25) is 0 Å². The van der Waals surface area contributed by atoms with E-state index in [2.05, 4.69) is 0 Å². The van der Waals surface area contributed by atoms with E-state index in [1.54, 1.807) is 12.1 Å². The van der Waals surface area contributed by atoms with E-state index in [9.17, 15) is 40.2 Å². The number of ether oxygens (including phenoxy) is 4. The van der Waals surface area contributed by atoms with Crippen molar-refractivity contribution in [1.82, 2.24) is 0 Å². The predicted octanol–water partition coefficient (Wildman–Crippen LogP) is 1.84. The maximum atomic E-state index is 13.2. The van der Waals surface area contributed by atoms with Crippen LogP contribution in [0.3, 0.4) is 0 Å². The molecule has 0 spiro atoms. The van der Waals surface area contributed by atoms with E-state index in [-0.39, 0.29) is 45.9 Å². The van der Waals surface area contributed by atoms with Gasteiger partial charge in [0.2, 0.25) is 6.29 Å². The summed E-state index contributed by atoms with van der Waals surface area (Å²) in [5, 5.41) is 63.4. The van der Waals surface area contributed by atoms with Gasteiger partial charge >= 0.3 is 5.97 Å². The number of esters is 1. The van der Waals surface area contributed by atoms with E-state index in [0.29, 0.717) is 11.1 Å². The van der Waals surface area contributed by atoms with Gasteiger partial charge in [-0.2, -0.15) is 0 Å². The maximum Gasteiger partial charge on any atom is 0.342 e. The number of rotatable bonds is 0. The number of phenols is 3. The Morgan fingerprint density at radius 2 is 1.54 bits per heavy atom. The third-order valence-electron chi connectivity index (χ3n) is 7.60. The zero-order valence-electron chi connectivity index (χ0n) is 21.6. The van der Waals surface area contributed by atoms with Crippen LogP contribution in [0.15, 0.2) is 42.5 Å². The normalized spacial score (nSPS) is 27.2. The first-order valence-corrected chi connectivity index (χ1v) is 12.8. The van der Waals surface area contributed by atoms with Crippen molar-refractivity contribution >= 4 is 11.8 Å². The summed E-state index contributed by atoms with van der Waals surface area (Å²) in [7, 11) is 0. The average Bonchev–Trinajstić information content (AvgIpc) is 2.95. The van der Waals surface area contributed by atoms with Gasteiger partial charge < -0.3 is 49.6 Å². The van der Waals surface area contributed by atoms with Gasteiger partial charge in [-0.3, -0.25) is 4.79 Å². The maximum absolute atomic E-state index is 13.2. The van der Waals surface area contributed by atoms with Crippen LogP contribution in [-0.2, 0) is 9.47 Å². The van der Waals surface area contributed by atoms with Crippen molar-refractivity contribution in [2.24, 2.45) is 0 Å². The molecule has 0 radical (unpaired) electrons. The summed E-state index contributed by atoms with van der Waals surface area (Å²) < 4.78 is 22.8. The molecule has 3 aliphatic heterocycles. The first kappa shape index (κ1) is 26.8. The molecule has 6 rings (SSSR count). The summed E-state index contributed by atoms with van der Waals surface area (Å²) in [5.74, 6) is -2.37. The summed E-state index contributed by atoms with van der Waals surface area (Å²) in [5.41, 5.74) is 0.961. The Hall–Kier alpha value is -4.36. The number of cyclic esters (lactones) is 1. The van der Waals surface area contributed by atoms with E-state index in [1.165, 1.54) is 37.3 Å². The van der Waals surface area contributed by atoms with Crippen LogP contribution in [0.1, 0.15) is 44.4 Å². The van der Waals surface area contributed by atoms with Gasteiger partial charge in [0.05, 0.1) is 6.42 Å². The van der Waals surface area contributed by atoms with Gasteiger partial charge in [0.1, 0.15) is 77.0 Å². The lowest BCUT2D eigenvalue weighted by atomic mass is 9.92. The van der Waals surface area contributed by atoms with E-state index in [1.807, 2.05) is 0 Å². The molecule has 1 fully saturated rings. The van der Waals surface area contributed by atoms with E-state index < -0.39 is 66.7 Å². The third kappa shape index (κ3) is 4.50. The Morgan fingerprint density at radius 3 is 2.32 bits per heavy atom. The number of benzene rings is 3. The molecule has 0 saturated carbocycles. The van der Waals surface area contributed by atoms with Crippen LogP contribution in [0.4, 0.5) is 0 Å². The fourth-order valence-electron chi connectivity index (χ4n) is 5.22. The molecule has 3 aromatic carbocycles. The number of hydrogen-bond acceptors (Lipinski definition) is 12. The van der Waals surface area contributed by atoms with Crippen LogP contribution in [0.25, 0.3) is 11.1 Å². The van der Waals surface area contributed by atoms with Crippen molar-refractivity contribution in [2.45, 2.75) is 50.2 Å². The fraction of sp³-hybridized carbons (Fsp3) is 0.310. The number of carbonyl (C=O) groups excluding carboxylic acids is 2. The summed E-state index contributed by atoms with van der Waals surface area (Å²) >= 11 is 0. The van der Waals surface area contributed by atoms with E-state index >= 15 is 0 Å². The number of aromatic hydroxyl groups is 3. The number of Topliss-reactive ketones (excluding diaryl/α,β-unsaturated/α-hetero) is 1. The zero-order chi connectivity index (χ0) is 29.2. The highest BCUT2D eigenvalue weighted by Crippen LogP contribution is 2.46. The fourth-order valence-corrected chi connectivity index (χ4v) is 5.22. The minimum atomic E-state index is -1.76. The molecule has 41 heavy (non-hydrogen) atoms. The molecule has 12 heteroatoms. The Bertz CT molecular complexity index is 1570. The molecule has 6 N–H and O–H groups in total. The van der Waals surface area contributed by atoms with Crippen molar-refractivity contribution in [3.8, 4) is 39.9 Å². The van der Waals surface area contributed by atoms with Crippen molar-refractivity contribution in [3.05, 3.63) is 64.7 Å². The third-order valence-corrected chi connectivity index (χ3v) is 7.60. The SMILES string of the molecule is Cc1c2cc3c(c1O)C(=O)C[C@@H](O3)c1ccc(O)c(c1)-c1ccc(O)c(c1)C(=O)OC[C@@H]1O[C@@H](O2)[C@@H](O)[C@@H](O)[C@@H]1O. The van der Waals surface area contributed by atoms with Gasteiger partial charge in [0.15, 0.2) is 5.78 Å². The van der Waals surface area contributed by atoms with Crippen molar-refractivity contribution in [1.29, 1.82) is 0 Å². The monoisotopic (exact) mass is 566 g/mol. The molecule has 0 aromatic heterocycles. The first-order valence-electron chi connectivity index (χ1n) is 12.8. The number of aliphatic hydroxyl groups is 3. The molecule has 3 aliphatic rings. The minimum absolute atomic E-state index is 0.00312. The average molecular weight is 567 g/mol. The summed E-state index contributed by atoms with van der Waals surface area (Å²) in [6.07, 6.45) is -9.09. The predicted molar refractivity (Wildman–Crippen MR) is 138 cm³/mol. The molecule has 214 valence electrons. The first-order chi connectivity index (χ1) is 19.5. The van der Waals surface area contributed by atoms with Gasteiger partial charge in [0.25, 0.3) is 0 Å². The number of hydrogen-bond donors (Lipinski definition) is 6. The second-order valence-electron chi connectivity index (χ2n) is 10.2. The van der Waals surface area contributed by atoms with Gasteiger partial charge in [-0.25, -0.2) is 4.79 Å². The second kappa shape index (κ2) is 9.93. The molecule has 3 heterocycles. The van der Waals surface area contributed by atoms with Gasteiger partial charge in [-0.1, -0.05) is 12.1 Å². The molecular weight excluding hydrogens is 540 g/mol. The lowest BCUT2D eigenvalue weighted by Gasteiger charge is -2.40. The standard InChI is InChI=1S/C29H26O12/c1-11-19-9-21-23(24(11)33)18(32)8-20(39-21)13-3-5-16(30)14(7-13)12-2-4-17(31)15(6-12)28(37)38-10-22-25(34)26(35)27(36)29(40-19)41-22/h2-7,9,20,22,25-27,29-31,33-36H,8,10H2,1H3/t20-,22+,25-,26+,27+,29-/m1/s1. The van der Waals surface area contributed by atoms with Crippen LogP contribution in [0.5, 0.6) is 28.7 Å². The smallest absolute Gasteiger partial charge is 0.342 e. The Morgan fingerprint density at radius 1 is 0.805 bits per heavy atom. The molecular formula is C29H26O12. The van der Waals surface area contributed by atoms with E-state index in [0.717, 1.165) is 0 Å². The van der Waals surface area contributed by atoms with Crippen LogP contribution in [0, 0.1) is 6.92 Å². The van der Waals surface area contributed by atoms with Crippen molar-refractivity contribution in [3.63, 3.8) is 0 Å². The quantitative estimate of drug-likeness (QED) is 0.217. The van der Waals surface area contributed by atoms with Crippen molar-refractivity contribution in [2.75, 3.05) is 6.61 Å². The number of ketones is 1. The highest BCUT2D eigenvalue weighted by molar-refractivity contribution is 6.03. The van der Waals surface area contributed by atoms with Crippen LogP contribution in [-0.4, -0.2) is 79.7 Å². The Kier molecular flexibility index (Phi) is 6.50. The molecule has 12 nitrogen and oxygen atoms in total. The summed E-state index contributed by atoms with van der Waals surface area (Å²) in [4.78, 5) is 26.1. The van der Waals surface area contributed by atoms with Crippen LogP contribution < -0.4 is 9.47 Å². The molecule has 1 saturated heterocycles. The minimum Gasteiger partial charge on any atom is -0.507 e. The van der Waals surface area contributed by atoms with E-state index in [4.69, 9.17) is 18.9 Å². The van der Waals surface area contributed by atoms with Gasteiger partial charge in [-0.05, 0) is 42.3 Å². The molecule has 6 atom stereocenters. The van der Waals surface area contributed by atoms with Gasteiger partial charge in [-0.15, -0.1) is 0 Å². The highest BCUT2D eigenvalue weighted by Gasteiger charge is 2.46. The highest BCUT2D eigenvalue weighted by atomic mass is 16.7. The summed E-state index contributed by atoms with van der Waals surface area (Å²) in [6.45, 7) is 0.879. The number of carbonyl (C=O) groups is 2. The molecule has 9 bridgehead atoms. The largest absolute Gasteiger partial charge is 0.507 e. The summed E-state index contributed by atoms with van der Waals surface area (Å²) in [6, 6.07) is 9.94. The number of fused-ring (bicyclic) bond motifs is 10.